The molecule has 1 heterocycles. The van der Waals surface area contributed by atoms with Gasteiger partial charge in [-0.3, -0.25) is 0 Å². The Kier molecular flexibility index (Phi) is 3.42. The molecule has 0 radical (unpaired) electrons. The molecule has 76 valence electrons. The van der Waals surface area contributed by atoms with Crippen molar-refractivity contribution in [3.63, 3.8) is 0 Å². The van der Waals surface area contributed by atoms with Gasteiger partial charge in [0, 0.05) is 0 Å². The molecular formula is C10H17F2N. The summed E-state index contributed by atoms with van der Waals surface area (Å²) in [5, 5.41) is 2.87. The summed E-state index contributed by atoms with van der Waals surface area (Å²) in [7, 11) is 0. The smallest absolute Gasteiger partial charge is 0.257 e. The fourth-order valence-electron chi connectivity index (χ4n) is 2.01. The van der Waals surface area contributed by atoms with Crippen molar-refractivity contribution >= 4 is 0 Å². The number of rotatable bonds is 2. The van der Waals surface area contributed by atoms with Crippen LogP contribution in [-0.2, 0) is 0 Å². The normalized spacial score (nSPS) is 24.7. The van der Waals surface area contributed by atoms with Gasteiger partial charge >= 0.3 is 0 Å². The van der Waals surface area contributed by atoms with Crippen LogP contribution in [0.25, 0.3) is 0 Å². The molecule has 1 aliphatic heterocycles. The lowest BCUT2D eigenvalue weighted by Gasteiger charge is -2.30. The molecule has 13 heavy (non-hydrogen) atoms. The average Bonchev–Trinajstić information content (AvgIpc) is 2.02. The quantitative estimate of drug-likeness (QED) is 0.658. The van der Waals surface area contributed by atoms with Gasteiger partial charge < -0.3 is 5.32 Å². The van der Waals surface area contributed by atoms with Gasteiger partial charge in [0.05, 0.1) is 6.04 Å². The zero-order valence-corrected chi connectivity index (χ0v) is 8.40. The molecule has 1 rings (SSSR count). The van der Waals surface area contributed by atoms with Crippen molar-refractivity contribution < 1.29 is 8.78 Å². The number of halogens is 2. The van der Waals surface area contributed by atoms with Gasteiger partial charge in [-0.25, -0.2) is 8.78 Å². The molecule has 1 atom stereocenters. The fourth-order valence-corrected chi connectivity index (χ4v) is 2.01. The molecule has 0 bridgehead atoms. The van der Waals surface area contributed by atoms with E-state index in [9.17, 15) is 8.78 Å². The lowest BCUT2D eigenvalue weighted by atomic mass is 9.87. The molecule has 3 heteroatoms. The first-order valence-corrected chi connectivity index (χ1v) is 4.75. The van der Waals surface area contributed by atoms with E-state index in [1.807, 2.05) is 20.8 Å². The number of hydrogen-bond donors (Lipinski definition) is 1. The lowest BCUT2D eigenvalue weighted by Crippen LogP contribution is -2.43. The summed E-state index contributed by atoms with van der Waals surface area (Å²) in [5.41, 5.74) is 2.04. The van der Waals surface area contributed by atoms with Crippen LogP contribution in [-0.4, -0.2) is 19.0 Å². The molecular weight excluding hydrogens is 172 g/mol. The Morgan fingerprint density at radius 1 is 1.38 bits per heavy atom. The van der Waals surface area contributed by atoms with Crippen molar-refractivity contribution in [2.45, 2.75) is 39.7 Å². The van der Waals surface area contributed by atoms with Crippen molar-refractivity contribution in [1.82, 2.24) is 5.32 Å². The van der Waals surface area contributed by atoms with Crippen LogP contribution >= 0.6 is 0 Å². The summed E-state index contributed by atoms with van der Waals surface area (Å²) in [6.07, 6.45) is -1.39. The van der Waals surface area contributed by atoms with Gasteiger partial charge in [-0.15, -0.1) is 0 Å². The summed E-state index contributed by atoms with van der Waals surface area (Å²) >= 11 is 0. The first-order chi connectivity index (χ1) is 6.04. The third-order valence-corrected chi connectivity index (χ3v) is 2.57. The van der Waals surface area contributed by atoms with E-state index in [2.05, 4.69) is 5.32 Å². The maximum atomic E-state index is 12.6. The van der Waals surface area contributed by atoms with Gasteiger partial charge in [-0.1, -0.05) is 19.4 Å². The average molecular weight is 189 g/mol. The van der Waals surface area contributed by atoms with Crippen molar-refractivity contribution in [2.24, 2.45) is 5.92 Å². The maximum absolute atomic E-state index is 12.6. The predicted octanol–water partition coefficient (Wildman–Crippen LogP) is 2.59. The van der Waals surface area contributed by atoms with Crippen LogP contribution in [0.3, 0.4) is 0 Å². The molecule has 0 aromatic carbocycles. The zero-order valence-electron chi connectivity index (χ0n) is 8.40. The highest BCUT2D eigenvalue weighted by Crippen LogP contribution is 2.27. The van der Waals surface area contributed by atoms with Crippen LogP contribution in [0.2, 0.25) is 0 Å². The Labute approximate surface area is 78.2 Å². The molecule has 0 spiro atoms. The second-order valence-electron chi connectivity index (χ2n) is 3.91. The second kappa shape index (κ2) is 4.18. The highest BCUT2D eigenvalue weighted by molar-refractivity contribution is 5.24. The van der Waals surface area contributed by atoms with Crippen LogP contribution in [0.5, 0.6) is 0 Å². The minimum absolute atomic E-state index is 0.215. The summed E-state index contributed by atoms with van der Waals surface area (Å²) in [6, 6.07) is -0.714. The Morgan fingerprint density at radius 2 is 2.00 bits per heavy atom. The first kappa shape index (κ1) is 10.6. The fraction of sp³-hybridized carbons (Fsp3) is 0.800. The van der Waals surface area contributed by atoms with Crippen LogP contribution in [0.4, 0.5) is 8.78 Å². The molecule has 1 N–H and O–H groups in total. The van der Waals surface area contributed by atoms with Gasteiger partial charge in [0.25, 0.3) is 6.43 Å². The van der Waals surface area contributed by atoms with Crippen LogP contribution in [0.15, 0.2) is 11.1 Å². The molecule has 1 unspecified atom stereocenters. The largest absolute Gasteiger partial charge is 0.305 e. The van der Waals surface area contributed by atoms with Crippen molar-refractivity contribution in [2.75, 3.05) is 6.54 Å². The van der Waals surface area contributed by atoms with Gasteiger partial charge in [-0.2, -0.15) is 0 Å². The van der Waals surface area contributed by atoms with E-state index in [1.54, 1.807) is 0 Å². The molecule has 1 aliphatic rings. The van der Waals surface area contributed by atoms with Gasteiger partial charge in [0.1, 0.15) is 0 Å². The SMILES string of the molecule is CC1=C(C(C)C)C(C(F)F)NCC1. The van der Waals surface area contributed by atoms with Crippen molar-refractivity contribution in [3.05, 3.63) is 11.1 Å². The Balaban J connectivity index is 2.90. The van der Waals surface area contributed by atoms with Crippen molar-refractivity contribution in [1.29, 1.82) is 0 Å². The number of nitrogens with one attached hydrogen (secondary N) is 1. The third-order valence-electron chi connectivity index (χ3n) is 2.57. The Morgan fingerprint density at radius 3 is 2.38 bits per heavy atom. The summed E-state index contributed by atoms with van der Waals surface area (Å²) in [5.74, 6) is 0.215. The summed E-state index contributed by atoms with van der Waals surface area (Å²) in [6.45, 7) is 6.59. The number of hydrogen-bond acceptors (Lipinski definition) is 1. The molecule has 0 aromatic heterocycles. The lowest BCUT2D eigenvalue weighted by molar-refractivity contribution is 0.106. The standard InChI is InChI=1S/C10H17F2N/c1-6(2)8-7(3)4-5-13-9(8)10(11)12/h6,9-10,13H,4-5H2,1-3H3. The third kappa shape index (κ3) is 2.27. The Bertz CT molecular complexity index is 209. The van der Waals surface area contributed by atoms with E-state index in [1.165, 1.54) is 0 Å². The highest BCUT2D eigenvalue weighted by atomic mass is 19.3. The van der Waals surface area contributed by atoms with Gasteiger partial charge in [-0.05, 0) is 31.4 Å². The van der Waals surface area contributed by atoms with E-state index in [4.69, 9.17) is 0 Å². The predicted molar refractivity (Wildman–Crippen MR) is 49.9 cm³/mol. The molecule has 0 saturated heterocycles. The van der Waals surface area contributed by atoms with E-state index < -0.39 is 12.5 Å². The van der Waals surface area contributed by atoms with Gasteiger partial charge in [0.15, 0.2) is 0 Å². The Hall–Kier alpha value is -0.440. The van der Waals surface area contributed by atoms with Crippen LogP contribution in [0, 0.1) is 5.92 Å². The van der Waals surface area contributed by atoms with Crippen LogP contribution in [0.1, 0.15) is 27.2 Å². The molecule has 0 aliphatic carbocycles. The molecule has 1 nitrogen and oxygen atoms in total. The van der Waals surface area contributed by atoms with E-state index >= 15 is 0 Å². The minimum Gasteiger partial charge on any atom is -0.305 e. The topological polar surface area (TPSA) is 12.0 Å². The summed E-state index contributed by atoms with van der Waals surface area (Å²) < 4.78 is 25.2. The molecule has 0 amide bonds. The van der Waals surface area contributed by atoms with Crippen molar-refractivity contribution in [3.8, 4) is 0 Å². The molecule has 0 fully saturated rings. The monoisotopic (exact) mass is 189 g/mol. The molecule has 0 aromatic rings. The minimum atomic E-state index is -2.28. The maximum Gasteiger partial charge on any atom is 0.257 e. The van der Waals surface area contributed by atoms with Crippen LogP contribution < -0.4 is 5.32 Å². The number of alkyl halides is 2. The van der Waals surface area contributed by atoms with E-state index in [0.29, 0.717) is 6.54 Å². The van der Waals surface area contributed by atoms with Gasteiger partial charge in [0.2, 0.25) is 0 Å². The molecule has 0 saturated carbocycles. The zero-order chi connectivity index (χ0) is 10.0. The highest BCUT2D eigenvalue weighted by Gasteiger charge is 2.29. The van der Waals surface area contributed by atoms with E-state index in [-0.39, 0.29) is 5.92 Å². The first-order valence-electron chi connectivity index (χ1n) is 4.75. The summed E-state index contributed by atoms with van der Waals surface area (Å²) in [4.78, 5) is 0. The van der Waals surface area contributed by atoms with E-state index in [0.717, 1.165) is 17.6 Å². The second-order valence-corrected chi connectivity index (χ2v) is 3.91.